The first-order valence-corrected chi connectivity index (χ1v) is 6.11. The lowest BCUT2D eigenvalue weighted by Crippen LogP contribution is -2.12. The van der Waals surface area contributed by atoms with Crippen LogP contribution < -0.4 is 0 Å². The lowest BCUT2D eigenvalue weighted by atomic mass is 10.3. The number of hydrogen-bond donors (Lipinski definition) is 0. The topological polar surface area (TPSA) is 87.7 Å². The predicted molar refractivity (Wildman–Crippen MR) is 65.5 cm³/mol. The summed E-state index contributed by atoms with van der Waals surface area (Å²) in [6.45, 7) is 6.98. The summed E-state index contributed by atoms with van der Waals surface area (Å²) in [7, 11) is 0. The van der Waals surface area contributed by atoms with Crippen LogP contribution in [0, 0.1) is 6.92 Å². The molecule has 2 rings (SSSR count). The first-order valence-electron chi connectivity index (χ1n) is 6.11. The molecule has 102 valence electrons. The third-order valence-electron chi connectivity index (χ3n) is 2.74. The maximum Gasteiger partial charge on any atom is 0.360 e. The number of carbonyl (C=O) groups is 1. The Hall–Kier alpha value is -2.25. The molecule has 0 aromatic carbocycles. The lowest BCUT2D eigenvalue weighted by molar-refractivity contribution is 0.0518. The van der Waals surface area contributed by atoms with E-state index in [1.807, 2.05) is 6.92 Å². The zero-order chi connectivity index (χ0) is 13.8. The summed E-state index contributed by atoms with van der Waals surface area (Å²) in [5, 5.41) is 11.9. The van der Waals surface area contributed by atoms with Crippen molar-refractivity contribution in [3.63, 3.8) is 0 Å². The van der Waals surface area contributed by atoms with E-state index in [1.54, 1.807) is 23.2 Å². The molecule has 0 saturated heterocycles. The van der Waals surface area contributed by atoms with E-state index in [0.29, 0.717) is 18.8 Å². The molecule has 2 aromatic heterocycles. The van der Waals surface area contributed by atoms with Crippen molar-refractivity contribution in [1.82, 2.24) is 29.8 Å². The van der Waals surface area contributed by atoms with E-state index >= 15 is 0 Å². The van der Waals surface area contributed by atoms with Crippen LogP contribution in [0.25, 0.3) is 0 Å². The Labute approximate surface area is 110 Å². The largest absolute Gasteiger partial charge is 0.461 e. The van der Waals surface area contributed by atoms with Crippen molar-refractivity contribution in [2.75, 3.05) is 6.61 Å². The van der Waals surface area contributed by atoms with Crippen molar-refractivity contribution in [3.8, 4) is 0 Å². The molecule has 2 aromatic rings. The maximum absolute atomic E-state index is 11.6. The molecule has 0 bridgehead atoms. The molecule has 0 spiro atoms. The van der Waals surface area contributed by atoms with Gasteiger partial charge in [0.2, 0.25) is 0 Å². The Morgan fingerprint density at radius 3 is 2.84 bits per heavy atom. The van der Waals surface area contributed by atoms with E-state index in [4.69, 9.17) is 4.74 Å². The number of carbonyl (C=O) groups excluding carboxylic acids is 1. The van der Waals surface area contributed by atoms with E-state index in [-0.39, 0.29) is 5.69 Å². The van der Waals surface area contributed by atoms with Gasteiger partial charge < -0.3 is 4.74 Å². The van der Waals surface area contributed by atoms with Crippen LogP contribution in [0.3, 0.4) is 0 Å². The van der Waals surface area contributed by atoms with Gasteiger partial charge in [-0.05, 0) is 20.8 Å². The van der Waals surface area contributed by atoms with E-state index in [1.165, 1.54) is 6.33 Å². The average Bonchev–Trinajstić information content (AvgIpc) is 2.98. The van der Waals surface area contributed by atoms with Crippen LogP contribution in [-0.2, 0) is 17.8 Å². The molecule has 0 aliphatic rings. The minimum atomic E-state index is -0.455. The molecule has 0 radical (unpaired) electrons. The molecule has 2 heterocycles. The van der Waals surface area contributed by atoms with Crippen LogP contribution in [0.4, 0.5) is 0 Å². The molecule has 0 unspecified atom stereocenters. The zero-order valence-electron chi connectivity index (χ0n) is 11.2. The first-order chi connectivity index (χ1) is 9.17. The number of esters is 1. The Bertz CT molecular complexity index is 574. The summed E-state index contributed by atoms with van der Waals surface area (Å²) in [5.41, 5.74) is 0.897. The van der Waals surface area contributed by atoms with E-state index in [0.717, 1.165) is 12.4 Å². The second-order valence-corrected chi connectivity index (χ2v) is 3.89. The molecule has 8 nitrogen and oxygen atoms in total. The standard InChI is InChI=1S/C11H16N6O2/c1-4-16-9(12-7-13-16)6-17-8(3)10(14-15-17)11(18)19-5-2/h7H,4-6H2,1-3H3. The summed E-state index contributed by atoms with van der Waals surface area (Å²) < 4.78 is 8.30. The summed E-state index contributed by atoms with van der Waals surface area (Å²) in [5.74, 6) is 0.314. The van der Waals surface area contributed by atoms with E-state index in [2.05, 4.69) is 20.4 Å². The molecule has 19 heavy (non-hydrogen) atoms. The fourth-order valence-electron chi connectivity index (χ4n) is 1.71. The van der Waals surface area contributed by atoms with Crippen LogP contribution in [-0.4, -0.2) is 42.3 Å². The molecule has 0 aliphatic heterocycles. The molecule has 0 saturated carbocycles. The van der Waals surface area contributed by atoms with Crippen molar-refractivity contribution in [1.29, 1.82) is 0 Å². The first kappa shape index (κ1) is 13.2. The number of hydrogen-bond acceptors (Lipinski definition) is 6. The Morgan fingerprint density at radius 2 is 2.16 bits per heavy atom. The maximum atomic E-state index is 11.6. The number of rotatable bonds is 5. The Kier molecular flexibility index (Phi) is 3.88. The third-order valence-corrected chi connectivity index (χ3v) is 2.74. The Balaban J connectivity index is 2.21. The van der Waals surface area contributed by atoms with Crippen molar-refractivity contribution in [2.24, 2.45) is 0 Å². The van der Waals surface area contributed by atoms with Crippen molar-refractivity contribution in [2.45, 2.75) is 33.9 Å². The van der Waals surface area contributed by atoms with Gasteiger partial charge in [-0.15, -0.1) is 5.10 Å². The van der Waals surface area contributed by atoms with Gasteiger partial charge in [0.05, 0.1) is 12.3 Å². The molecule has 8 heteroatoms. The van der Waals surface area contributed by atoms with Crippen molar-refractivity contribution in [3.05, 3.63) is 23.5 Å². The molecule has 0 aliphatic carbocycles. The summed E-state index contributed by atoms with van der Waals surface area (Å²) in [6, 6.07) is 0. The molecule has 0 amide bonds. The minimum Gasteiger partial charge on any atom is -0.461 e. The van der Waals surface area contributed by atoms with Crippen molar-refractivity contribution < 1.29 is 9.53 Å². The Morgan fingerprint density at radius 1 is 1.37 bits per heavy atom. The molecular weight excluding hydrogens is 248 g/mol. The van der Waals surface area contributed by atoms with Gasteiger partial charge in [-0.25, -0.2) is 19.1 Å². The summed E-state index contributed by atoms with van der Waals surface area (Å²) in [6.07, 6.45) is 1.50. The van der Waals surface area contributed by atoms with Gasteiger partial charge in [0.1, 0.15) is 18.7 Å². The van der Waals surface area contributed by atoms with E-state index < -0.39 is 5.97 Å². The number of ether oxygens (including phenoxy) is 1. The smallest absolute Gasteiger partial charge is 0.360 e. The van der Waals surface area contributed by atoms with Gasteiger partial charge in [0, 0.05) is 6.54 Å². The second-order valence-electron chi connectivity index (χ2n) is 3.89. The fourth-order valence-corrected chi connectivity index (χ4v) is 1.71. The predicted octanol–water partition coefficient (Wildman–Crippen LogP) is 0.423. The molecular formula is C11H16N6O2. The molecule has 0 N–H and O–H groups in total. The highest BCUT2D eigenvalue weighted by atomic mass is 16.5. The monoisotopic (exact) mass is 264 g/mol. The van der Waals surface area contributed by atoms with Crippen LogP contribution in [0.15, 0.2) is 6.33 Å². The van der Waals surface area contributed by atoms with Gasteiger partial charge in [-0.1, -0.05) is 5.21 Å². The van der Waals surface area contributed by atoms with Crippen LogP contribution in [0.1, 0.15) is 35.9 Å². The highest BCUT2D eigenvalue weighted by molar-refractivity contribution is 5.88. The second kappa shape index (κ2) is 5.59. The molecule has 0 atom stereocenters. The van der Waals surface area contributed by atoms with Gasteiger partial charge >= 0.3 is 5.97 Å². The van der Waals surface area contributed by atoms with Gasteiger partial charge in [-0.2, -0.15) is 5.10 Å². The molecule has 0 fully saturated rings. The zero-order valence-corrected chi connectivity index (χ0v) is 11.2. The minimum absolute atomic E-state index is 0.240. The number of aryl methyl sites for hydroxylation is 1. The van der Waals surface area contributed by atoms with Crippen LogP contribution in [0.5, 0.6) is 0 Å². The SMILES string of the molecule is CCOC(=O)c1nnn(Cc2ncnn2CC)c1C. The quantitative estimate of drug-likeness (QED) is 0.727. The normalized spacial score (nSPS) is 10.7. The van der Waals surface area contributed by atoms with Crippen LogP contribution >= 0.6 is 0 Å². The highest BCUT2D eigenvalue weighted by Crippen LogP contribution is 2.07. The third kappa shape index (κ3) is 2.61. The van der Waals surface area contributed by atoms with Gasteiger partial charge in [-0.3, -0.25) is 0 Å². The van der Waals surface area contributed by atoms with E-state index in [9.17, 15) is 4.79 Å². The average molecular weight is 264 g/mol. The fraction of sp³-hybridized carbons (Fsp3) is 0.545. The summed E-state index contributed by atoms with van der Waals surface area (Å²) in [4.78, 5) is 15.8. The number of aromatic nitrogens is 6. The lowest BCUT2D eigenvalue weighted by Gasteiger charge is -2.04. The number of nitrogens with zero attached hydrogens (tertiary/aromatic N) is 6. The highest BCUT2D eigenvalue weighted by Gasteiger charge is 2.18. The van der Waals surface area contributed by atoms with Crippen LogP contribution in [0.2, 0.25) is 0 Å². The summed E-state index contributed by atoms with van der Waals surface area (Å²) >= 11 is 0. The van der Waals surface area contributed by atoms with Gasteiger partial charge in [0.15, 0.2) is 5.69 Å². The van der Waals surface area contributed by atoms with Gasteiger partial charge in [0.25, 0.3) is 0 Å². The van der Waals surface area contributed by atoms with Crippen molar-refractivity contribution >= 4 is 5.97 Å².